The van der Waals surface area contributed by atoms with Gasteiger partial charge < -0.3 is 83.3 Å². The maximum absolute atomic E-state index is 13.3. The Bertz CT molecular complexity index is 2680. The number of Topliss-reactive ketones (excluding diaryl/α,β-unsaturated/α-hetero) is 5. The van der Waals surface area contributed by atoms with Gasteiger partial charge in [-0.25, -0.2) is 9.59 Å². The van der Waals surface area contributed by atoms with Crippen LogP contribution in [0.15, 0.2) is 0 Å². The maximum Gasteiger partial charge on any atom is 2.00 e. The van der Waals surface area contributed by atoms with E-state index in [0.29, 0.717) is 36.5 Å². The molecule has 110 heavy (non-hydrogen) atoms. The van der Waals surface area contributed by atoms with E-state index in [4.69, 9.17) is 24.1 Å². The molecule has 0 aromatic carbocycles. The first-order chi connectivity index (χ1) is 51.4. The summed E-state index contributed by atoms with van der Waals surface area (Å²) in [6.45, 7) is 12.7. The summed E-state index contributed by atoms with van der Waals surface area (Å²) < 4.78 is 21.6. The Labute approximate surface area is 701 Å². The molecule has 8 atom stereocenters. The molecular weight excluding hydrogens is 1600 g/mol. The molecule has 0 heterocycles. The topological polar surface area (TPSA) is 468 Å². The first-order valence-electron chi connectivity index (χ1n) is 37.4. The molecule has 0 fully saturated rings. The summed E-state index contributed by atoms with van der Waals surface area (Å²) in [6.07, 6.45) is 17.3. The predicted octanol–water partition coefficient (Wildman–Crippen LogP) is 12.3. The quantitative estimate of drug-likeness (QED) is 0.0117. The average Bonchev–Trinajstić information content (AvgIpc) is 0.872. The molecule has 0 aromatic rings. The van der Waals surface area contributed by atoms with Crippen LogP contribution >= 0.6 is 77.4 Å². The van der Waals surface area contributed by atoms with E-state index in [1.54, 1.807) is 62.6 Å². The number of carboxylic acids is 4. The molecule has 5 amide bonds. The van der Waals surface area contributed by atoms with Crippen molar-refractivity contribution in [2.75, 3.05) is 100 Å². The van der Waals surface area contributed by atoms with Gasteiger partial charge in [0, 0.05) is 125 Å². The Morgan fingerprint density at radius 2 is 0.873 bits per heavy atom. The molecule has 0 aliphatic rings. The molecule has 37 heteroatoms. The molecule has 645 valence electrons. The molecule has 0 aliphatic carbocycles. The van der Waals surface area contributed by atoms with Gasteiger partial charge in [0.15, 0.2) is 10.9 Å². The predicted molar refractivity (Wildman–Crippen MR) is 449 cm³/mol. The molecule has 0 aromatic heterocycles. The number of nitrogens with one attached hydrogen (secondary N) is 5. The first-order valence-corrected chi connectivity index (χ1v) is 45.3. The molecule has 0 unspecified atom stereocenters. The van der Waals surface area contributed by atoms with Gasteiger partial charge in [-0.1, -0.05) is 159 Å². The van der Waals surface area contributed by atoms with Crippen LogP contribution in [0.3, 0.4) is 0 Å². The number of aliphatic carboxylic acids is 4. The minimum atomic E-state index is -1.37. The van der Waals surface area contributed by atoms with Crippen LogP contribution in [-0.4, -0.2) is 226 Å². The van der Waals surface area contributed by atoms with E-state index in [2.05, 4.69) is 39.2 Å². The second kappa shape index (κ2) is 75.0. The van der Waals surface area contributed by atoms with Crippen molar-refractivity contribution in [3.05, 3.63) is 12.6 Å². The zero-order valence-corrected chi connectivity index (χ0v) is 72.6. The van der Waals surface area contributed by atoms with Crippen LogP contribution in [0.1, 0.15) is 224 Å². The molecule has 1 radical (unpaired) electrons. The number of amides is 5. The van der Waals surface area contributed by atoms with Crippen molar-refractivity contribution in [2.24, 2.45) is 29.6 Å². The van der Waals surface area contributed by atoms with Crippen LogP contribution in [0, 0.1) is 36.0 Å². The Balaban J connectivity index is -0.000000609. The van der Waals surface area contributed by atoms with Crippen LogP contribution in [0.4, 0.5) is 0 Å². The van der Waals surface area contributed by atoms with Crippen molar-refractivity contribution in [1.82, 2.24) is 26.6 Å². The van der Waals surface area contributed by atoms with Crippen molar-refractivity contribution < 1.29 is 138 Å². The third kappa shape index (κ3) is 70.6. The summed E-state index contributed by atoms with van der Waals surface area (Å²) in [5, 5.41) is 50.0. The fourth-order valence-electron chi connectivity index (χ4n) is 9.25. The van der Waals surface area contributed by atoms with Gasteiger partial charge in [0.1, 0.15) is 48.7 Å². The fourth-order valence-corrected chi connectivity index (χ4v) is 17.3. The van der Waals surface area contributed by atoms with Gasteiger partial charge in [-0.2, -0.15) is 0 Å². The molecule has 0 saturated carbocycles. The third-order valence-corrected chi connectivity index (χ3v) is 24.7. The summed E-state index contributed by atoms with van der Waals surface area (Å²) in [5.41, 5.74) is 0. The zero-order chi connectivity index (χ0) is 81.3. The number of nitrogens with two attached hydrogens (primary N) is 1. The van der Waals surface area contributed by atoms with Crippen LogP contribution in [0.2, 0.25) is 0 Å². The number of hydrogen-bond acceptors (Lipinski definition) is 25. The van der Waals surface area contributed by atoms with Crippen molar-refractivity contribution >= 4 is 165 Å². The van der Waals surface area contributed by atoms with E-state index in [1.165, 1.54) is 82.2 Å². The Hall–Kier alpha value is -4.05. The molecular formula is C73H138N6O23S7V. The first kappa shape index (κ1) is 112. The van der Waals surface area contributed by atoms with Crippen molar-refractivity contribution in [1.29, 1.82) is 0 Å². The maximum atomic E-state index is 13.3. The SMILES string of the molecule is CC(=O)[C@H](CSSC[C@H](C)C(=O)N[C@@H](CCC(=O)O)C(=O)N[C@@H](CCCCNC(=O)COCCOCCCC(=O)COCCOCCNC(=O)CC[C@H](NC(=O)CCCCCCCCCCCCCCCCC(=O)O)C(=O)O)C(=O)O)CC(=O)[C@@H](C)CSSC[C@H](C)C(=O)S.CC(=O)[CH-]CSSC[C@H](C)C(C)=O.[HH].[HH].[HH].[HH].[HH].[HH].[NH2-].[V+2]. The number of unbranched alkanes of at least 4 members (excludes halogenated alkanes) is 14. The normalized spacial score (nSPS) is 13.1. The third-order valence-electron chi connectivity index (χ3n) is 16.4. The number of thiol groups is 1. The Morgan fingerprint density at radius 3 is 1.41 bits per heavy atom. The summed E-state index contributed by atoms with van der Waals surface area (Å²) in [6, 6.07) is -3.89. The largest absolute Gasteiger partial charge is 2.00 e. The number of carbonyl (C=O) groups excluding carboxylic acids is 11. The summed E-state index contributed by atoms with van der Waals surface area (Å²) in [7, 11) is 8.86. The number of carbonyl (C=O) groups is 15. The van der Waals surface area contributed by atoms with Crippen LogP contribution in [0.25, 0.3) is 6.15 Å². The summed E-state index contributed by atoms with van der Waals surface area (Å²) in [5.74, 6) is -5.48. The molecule has 0 rings (SSSR count). The number of ether oxygens (including phenoxy) is 4. The van der Waals surface area contributed by atoms with Crippen molar-refractivity contribution in [3.63, 3.8) is 0 Å². The van der Waals surface area contributed by atoms with E-state index < -0.39 is 78.0 Å². The monoisotopic (exact) mass is 1740 g/mol. The van der Waals surface area contributed by atoms with Gasteiger partial charge >= 0.3 is 42.4 Å². The smallest absolute Gasteiger partial charge is 0.693 e. The molecule has 29 nitrogen and oxygen atoms in total. The van der Waals surface area contributed by atoms with Gasteiger partial charge in [0.25, 0.3) is 0 Å². The number of rotatable bonds is 74. The fraction of sp³-hybridized carbons (Fsp3) is 0.781. The van der Waals surface area contributed by atoms with Gasteiger partial charge in [0.05, 0.1) is 33.0 Å². The molecule has 11 N–H and O–H groups in total. The summed E-state index contributed by atoms with van der Waals surface area (Å²) >= 11 is 3.84. The molecule has 0 bridgehead atoms. The zero-order valence-electron chi connectivity index (χ0n) is 65.4. The molecule has 0 aliphatic heterocycles. The van der Waals surface area contributed by atoms with E-state index >= 15 is 0 Å². The van der Waals surface area contributed by atoms with Crippen molar-refractivity contribution in [2.45, 2.75) is 234 Å². The second-order valence-electron chi connectivity index (χ2n) is 26.5. The van der Waals surface area contributed by atoms with Crippen LogP contribution in [0.5, 0.6) is 0 Å². The number of hydrogen-bond donors (Lipinski definition) is 10. The van der Waals surface area contributed by atoms with Crippen LogP contribution in [-0.2, 0) is 109 Å². The van der Waals surface area contributed by atoms with E-state index in [0.717, 1.165) is 62.9 Å². The Morgan fingerprint density at radius 1 is 0.409 bits per heavy atom. The van der Waals surface area contributed by atoms with Crippen LogP contribution < -0.4 is 26.6 Å². The van der Waals surface area contributed by atoms with Gasteiger partial charge in [-0.3, -0.25) is 57.5 Å². The van der Waals surface area contributed by atoms with E-state index in [1.807, 2.05) is 6.92 Å². The minimum Gasteiger partial charge on any atom is -0.693 e. The Kier molecular flexibility index (Phi) is 76.6. The number of ketones is 5. The average molecular weight is 1740 g/mol. The van der Waals surface area contributed by atoms with E-state index in [-0.39, 0.29) is 226 Å². The molecule has 0 spiro atoms. The van der Waals surface area contributed by atoms with Gasteiger partial charge in [-0.15, -0.1) is 29.2 Å². The van der Waals surface area contributed by atoms with Crippen molar-refractivity contribution in [3.8, 4) is 0 Å². The second-order valence-corrected chi connectivity index (χ2v) is 34.6. The van der Waals surface area contributed by atoms with E-state index in [9.17, 15) is 87.2 Å². The minimum absolute atomic E-state index is 0. The van der Waals surface area contributed by atoms with Gasteiger partial charge in [0.2, 0.25) is 29.5 Å². The number of carboxylic acid groups (broad SMARTS) is 4. The molecule has 0 saturated heterocycles. The van der Waals surface area contributed by atoms with Gasteiger partial charge in [-0.05, 0) is 77.9 Å². The summed E-state index contributed by atoms with van der Waals surface area (Å²) in [4.78, 5) is 179. The standard InChI is InChI=1S/C64H109N5O21S5.C9H15O2S2.H2N.V.6H2/c1-45(41-92-94-43-47(3)64(86)91)54(72)38-49(48(4)70)44-95-93-42-46(2)60(80)68-51(27-29-59(78)79)61(81)69-52(62(82)83)23-19-20-30-65-57(75)40-90-37-34-87-32-21-22-50(71)39-89-36-35-88-33-31-66-55(73)28-26-53(63(84)85)67-56(74)24-17-15-13-11-9-7-5-6-8-10-12-14-16-18-25-58(76)77;1-7(9(3)11)6-13-12-5-4-8(2)10;;;;;;;;/h45-47,49,51-53H,5-44H2,1-4H3,(H,65,75)(H,66,73)(H,67,74)(H,68,80)(H,69,81)(H,76,77)(H,78,79)(H,82,83)(H,84,85)(H,86,91);4,7H,5-6H2,1-3H3;1H2;;6*1H/q;2*-1;+2;;;;;;/t45-,46-,47-,49-,51-,52-,53-;7-;;;;;;;;/m00......../s1.